The first kappa shape index (κ1) is 11.8. The van der Waals surface area contributed by atoms with Crippen molar-refractivity contribution in [3.63, 3.8) is 0 Å². The molecule has 0 radical (unpaired) electrons. The van der Waals surface area contributed by atoms with Gasteiger partial charge in [0.2, 0.25) is 0 Å². The molecule has 0 aliphatic carbocycles. The second kappa shape index (κ2) is 4.28. The van der Waals surface area contributed by atoms with Gasteiger partial charge in [0, 0.05) is 0 Å². The molecule has 0 aromatic heterocycles. The molecule has 17 heavy (non-hydrogen) atoms. The van der Waals surface area contributed by atoms with Gasteiger partial charge >= 0.3 is 0 Å². The van der Waals surface area contributed by atoms with Crippen LogP contribution in [0.25, 0.3) is 0 Å². The highest BCUT2D eigenvalue weighted by Gasteiger charge is 2.44. The van der Waals surface area contributed by atoms with Crippen LogP contribution in [0.15, 0.2) is 36.4 Å². The van der Waals surface area contributed by atoms with E-state index in [9.17, 15) is 13.6 Å². The lowest BCUT2D eigenvalue weighted by molar-refractivity contribution is 0.00809. The van der Waals surface area contributed by atoms with Gasteiger partial charge in [-0.05, 0) is 25.1 Å². The van der Waals surface area contributed by atoms with E-state index in [-0.39, 0.29) is 18.7 Å². The van der Waals surface area contributed by atoms with Crippen molar-refractivity contribution in [2.24, 2.45) is 0 Å². The average Bonchev–Trinajstić information content (AvgIpc) is 2.26. The summed E-state index contributed by atoms with van der Waals surface area (Å²) in [5.41, 5.74) is -1.45. The fourth-order valence-corrected chi connectivity index (χ4v) is 1.94. The van der Waals surface area contributed by atoms with E-state index in [0.29, 0.717) is 0 Å². The van der Waals surface area contributed by atoms with E-state index >= 15 is 0 Å². The fourth-order valence-electron chi connectivity index (χ4n) is 1.94. The third kappa shape index (κ3) is 2.20. The van der Waals surface area contributed by atoms with Crippen molar-refractivity contribution < 1.29 is 13.6 Å². The Morgan fingerprint density at radius 1 is 1.41 bits per heavy atom. The van der Waals surface area contributed by atoms with Crippen LogP contribution < -0.4 is 0 Å². The molecule has 0 bridgehead atoms. The van der Waals surface area contributed by atoms with Gasteiger partial charge in [-0.1, -0.05) is 18.2 Å². The normalized spacial score (nSPS) is 18.2. The van der Waals surface area contributed by atoms with Gasteiger partial charge in [-0.2, -0.15) is 0 Å². The number of hydrogen-bond acceptors (Lipinski definition) is 1. The van der Waals surface area contributed by atoms with E-state index < -0.39 is 17.4 Å². The molecular weight excluding hydrogens is 224 g/mol. The summed E-state index contributed by atoms with van der Waals surface area (Å²) in [5.74, 6) is -1.03. The standard InChI is InChI=1S/C13H13F2NO/c1-2-7-13(15)8-16(9-13)12(17)10-5-3-4-6-11(10)14/h2-7H,8-9H2,1H3. The van der Waals surface area contributed by atoms with Crippen molar-refractivity contribution in [2.45, 2.75) is 12.6 Å². The Kier molecular flexibility index (Phi) is 2.96. The highest BCUT2D eigenvalue weighted by Crippen LogP contribution is 2.28. The van der Waals surface area contributed by atoms with Gasteiger partial charge in [-0.15, -0.1) is 0 Å². The molecule has 1 amide bonds. The number of likely N-dealkylation sites (tertiary alicyclic amines) is 1. The Hall–Kier alpha value is -1.71. The quantitative estimate of drug-likeness (QED) is 0.724. The molecule has 1 fully saturated rings. The Labute approximate surface area is 98.5 Å². The second-order valence-corrected chi connectivity index (χ2v) is 4.18. The molecule has 90 valence electrons. The lowest BCUT2D eigenvalue weighted by Gasteiger charge is -2.42. The maximum atomic E-state index is 13.8. The van der Waals surface area contributed by atoms with Gasteiger partial charge < -0.3 is 4.90 Å². The number of allylic oxidation sites excluding steroid dienone is 1. The van der Waals surface area contributed by atoms with E-state index in [1.54, 1.807) is 19.1 Å². The number of benzene rings is 1. The van der Waals surface area contributed by atoms with Crippen molar-refractivity contribution in [2.75, 3.05) is 13.1 Å². The summed E-state index contributed by atoms with van der Waals surface area (Å²) in [6.45, 7) is 1.71. The predicted molar refractivity (Wildman–Crippen MR) is 61.0 cm³/mol. The van der Waals surface area contributed by atoms with E-state index in [0.717, 1.165) is 0 Å². The fraction of sp³-hybridized carbons (Fsp3) is 0.308. The number of carbonyl (C=O) groups is 1. The topological polar surface area (TPSA) is 20.3 Å². The van der Waals surface area contributed by atoms with Crippen LogP contribution in [0.2, 0.25) is 0 Å². The molecule has 2 rings (SSSR count). The van der Waals surface area contributed by atoms with Gasteiger partial charge in [0.25, 0.3) is 5.91 Å². The second-order valence-electron chi connectivity index (χ2n) is 4.18. The van der Waals surface area contributed by atoms with E-state index in [2.05, 4.69) is 0 Å². The average molecular weight is 237 g/mol. The lowest BCUT2D eigenvalue weighted by Crippen LogP contribution is -2.60. The van der Waals surface area contributed by atoms with Crippen LogP contribution in [-0.2, 0) is 0 Å². The van der Waals surface area contributed by atoms with Crippen LogP contribution in [-0.4, -0.2) is 29.6 Å². The van der Waals surface area contributed by atoms with Crippen LogP contribution in [0.5, 0.6) is 0 Å². The molecule has 1 aromatic carbocycles. The van der Waals surface area contributed by atoms with E-state index in [1.807, 2.05) is 0 Å². The molecule has 2 nitrogen and oxygen atoms in total. The number of nitrogens with zero attached hydrogens (tertiary/aromatic N) is 1. The Balaban J connectivity index is 2.08. The molecule has 1 saturated heterocycles. The summed E-state index contributed by atoms with van der Waals surface area (Å²) >= 11 is 0. The first-order chi connectivity index (χ1) is 8.06. The molecule has 0 saturated carbocycles. The summed E-state index contributed by atoms with van der Waals surface area (Å²) in [6.07, 6.45) is 3.04. The Morgan fingerprint density at radius 2 is 2.06 bits per heavy atom. The number of amides is 1. The van der Waals surface area contributed by atoms with E-state index in [1.165, 1.54) is 29.2 Å². The zero-order valence-corrected chi connectivity index (χ0v) is 9.49. The Morgan fingerprint density at radius 3 is 2.65 bits per heavy atom. The zero-order valence-electron chi connectivity index (χ0n) is 9.49. The molecule has 4 heteroatoms. The first-order valence-electron chi connectivity index (χ1n) is 5.42. The van der Waals surface area contributed by atoms with Crippen molar-refractivity contribution in [3.8, 4) is 0 Å². The molecule has 1 aliphatic heterocycles. The molecule has 0 unspecified atom stereocenters. The monoisotopic (exact) mass is 237 g/mol. The SMILES string of the molecule is CC=CC1(F)CN(C(=O)c2ccccc2F)C1. The summed E-state index contributed by atoms with van der Waals surface area (Å²) < 4.78 is 27.1. The number of alkyl halides is 1. The van der Waals surface area contributed by atoms with Gasteiger partial charge in [-0.3, -0.25) is 4.79 Å². The van der Waals surface area contributed by atoms with Crippen molar-refractivity contribution in [1.82, 2.24) is 4.90 Å². The number of hydrogen-bond donors (Lipinski definition) is 0. The minimum Gasteiger partial charge on any atom is -0.331 e. The maximum Gasteiger partial charge on any atom is 0.257 e. The van der Waals surface area contributed by atoms with Crippen LogP contribution in [0.4, 0.5) is 8.78 Å². The first-order valence-corrected chi connectivity index (χ1v) is 5.42. The van der Waals surface area contributed by atoms with Gasteiger partial charge in [0.1, 0.15) is 5.82 Å². The molecule has 1 aliphatic rings. The van der Waals surface area contributed by atoms with Crippen LogP contribution in [0.3, 0.4) is 0 Å². The molecule has 1 heterocycles. The van der Waals surface area contributed by atoms with Gasteiger partial charge in [-0.25, -0.2) is 8.78 Å². The van der Waals surface area contributed by atoms with E-state index in [4.69, 9.17) is 0 Å². The van der Waals surface area contributed by atoms with Crippen molar-refractivity contribution >= 4 is 5.91 Å². The molecular formula is C13H13F2NO. The van der Waals surface area contributed by atoms with Crippen molar-refractivity contribution in [3.05, 3.63) is 47.8 Å². The maximum absolute atomic E-state index is 13.8. The number of carbonyl (C=O) groups excluding carboxylic acids is 1. The molecule has 1 aromatic rings. The highest BCUT2D eigenvalue weighted by atomic mass is 19.1. The van der Waals surface area contributed by atoms with Gasteiger partial charge in [0.05, 0.1) is 18.7 Å². The van der Waals surface area contributed by atoms with Crippen LogP contribution in [0.1, 0.15) is 17.3 Å². The summed E-state index contributed by atoms with van der Waals surface area (Å²) in [5, 5.41) is 0. The predicted octanol–water partition coefficient (Wildman–Crippen LogP) is 2.57. The molecule has 0 spiro atoms. The van der Waals surface area contributed by atoms with Crippen molar-refractivity contribution in [1.29, 1.82) is 0 Å². The highest BCUT2D eigenvalue weighted by molar-refractivity contribution is 5.95. The van der Waals surface area contributed by atoms with Crippen LogP contribution in [0, 0.1) is 5.82 Å². The summed E-state index contributed by atoms with van der Waals surface area (Å²) in [4.78, 5) is 13.1. The summed E-state index contributed by atoms with van der Waals surface area (Å²) in [6, 6.07) is 5.74. The number of halogens is 2. The third-order valence-electron chi connectivity index (χ3n) is 2.76. The third-order valence-corrected chi connectivity index (χ3v) is 2.76. The number of rotatable bonds is 2. The van der Waals surface area contributed by atoms with Gasteiger partial charge in [0.15, 0.2) is 5.67 Å². The molecule has 0 atom stereocenters. The van der Waals surface area contributed by atoms with Crippen LogP contribution >= 0.6 is 0 Å². The minimum absolute atomic E-state index is 0.00460. The minimum atomic E-state index is -1.45. The summed E-state index contributed by atoms with van der Waals surface area (Å²) in [7, 11) is 0. The zero-order chi connectivity index (χ0) is 12.5. The lowest BCUT2D eigenvalue weighted by atomic mass is 9.94. The smallest absolute Gasteiger partial charge is 0.257 e. The molecule has 0 N–H and O–H groups in total. The largest absolute Gasteiger partial charge is 0.331 e. The Bertz CT molecular complexity index is 464.